The average molecular weight is 403 g/mol. The second-order valence-electron chi connectivity index (χ2n) is 7.89. The number of hydrogen-bond acceptors (Lipinski definition) is 2. The highest BCUT2D eigenvalue weighted by atomic mass is 19.1. The molecule has 1 atom stereocenters. The molecule has 0 bridgehead atoms. The second-order valence-corrected chi connectivity index (χ2v) is 7.89. The molecule has 5 rings (SSSR count). The van der Waals surface area contributed by atoms with Crippen molar-refractivity contribution in [2.45, 2.75) is 31.8 Å². The molecule has 2 heterocycles. The number of amides is 2. The quantitative estimate of drug-likeness (QED) is 0.659. The average Bonchev–Trinajstić information content (AvgIpc) is 3.46. The summed E-state index contributed by atoms with van der Waals surface area (Å²) in [4.78, 5) is 29.2. The van der Waals surface area contributed by atoms with Gasteiger partial charge in [-0.05, 0) is 54.8 Å². The first kappa shape index (κ1) is 18.6. The zero-order valence-corrected chi connectivity index (χ0v) is 16.7. The smallest absolute Gasteiger partial charge is 0.247 e. The second kappa shape index (κ2) is 7.13. The summed E-state index contributed by atoms with van der Waals surface area (Å²) in [5.41, 5.74) is 3.43. The Morgan fingerprint density at radius 3 is 2.37 bits per heavy atom. The molecule has 1 saturated carbocycles. The summed E-state index contributed by atoms with van der Waals surface area (Å²) in [5.74, 6) is -0.552. The highest BCUT2D eigenvalue weighted by molar-refractivity contribution is 6.00. The van der Waals surface area contributed by atoms with Gasteiger partial charge in [0, 0.05) is 19.2 Å². The molecule has 5 nitrogen and oxygen atoms in total. The first-order chi connectivity index (χ1) is 14.5. The van der Waals surface area contributed by atoms with Gasteiger partial charge in [-0.3, -0.25) is 14.5 Å². The molecule has 0 unspecified atom stereocenters. The Morgan fingerprint density at radius 2 is 1.70 bits per heavy atom. The van der Waals surface area contributed by atoms with Crippen LogP contribution < -0.4 is 4.90 Å². The van der Waals surface area contributed by atoms with E-state index < -0.39 is 6.04 Å². The van der Waals surface area contributed by atoms with Gasteiger partial charge in [0.1, 0.15) is 18.4 Å². The predicted molar refractivity (Wildman–Crippen MR) is 112 cm³/mol. The lowest BCUT2D eigenvalue weighted by Crippen LogP contribution is -2.47. The molecule has 152 valence electrons. The molecular weight excluding hydrogens is 381 g/mol. The van der Waals surface area contributed by atoms with E-state index in [-0.39, 0.29) is 30.2 Å². The van der Waals surface area contributed by atoms with Gasteiger partial charge in [-0.1, -0.05) is 24.3 Å². The van der Waals surface area contributed by atoms with E-state index in [1.54, 1.807) is 21.9 Å². The maximum absolute atomic E-state index is 13.6. The summed E-state index contributed by atoms with van der Waals surface area (Å²) in [6.07, 6.45) is 3.85. The van der Waals surface area contributed by atoms with Crippen molar-refractivity contribution in [1.82, 2.24) is 9.47 Å². The van der Waals surface area contributed by atoms with Gasteiger partial charge in [-0.15, -0.1) is 0 Å². The van der Waals surface area contributed by atoms with Crippen LogP contribution in [0.15, 0.2) is 66.9 Å². The first-order valence-electron chi connectivity index (χ1n) is 10.2. The van der Waals surface area contributed by atoms with Crippen LogP contribution in [-0.4, -0.2) is 33.9 Å². The molecule has 6 heteroatoms. The topological polar surface area (TPSA) is 45.6 Å². The van der Waals surface area contributed by atoms with Crippen molar-refractivity contribution in [3.63, 3.8) is 0 Å². The van der Waals surface area contributed by atoms with Crippen molar-refractivity contribution in [2.75, 3.05) is 11.4 Å². The largest absolute Gasteiger partial charge is 0.331 e. The van der Waals surface area contributed by atoms with E-state index in [1.165, 1.54) is 19.1 Å². The maximum atomic E-state index is 13.6. The number of halogens is 1. The van der Waals surface area contributed by atoms with E-state index in [0.717, 1.165) is 35.5 Å². The Bertz CT molecular complexity index is 1120. The number of nitrogens with zero attached hydrogens (tertiary/aromatic N) is 3. The van der Waals surface area contributed by atoms with Crippen LogP contribution in [0.2, 0.25) is 0 Å². The van der Waals surface area contributed by atoms with Crippen molar-refractivity contribution < 1.29 is 14.0 Å². The molecule has 2 aliphatic rings. The number of anilines is 1. The number of carbonyl (C=O) groups excluding carboxylic acids is 2. The van der Waals surface area contributed by atoms with E-state index in [0.29, 0.717) is 0 Å². The third kappa shape index (κ3) is 3.09. The number of carbonyl (C=O) groups is 2. The Balaban J connectivity index is 1.62. The van der Waals surface area contributed by atoms with Gasteiger partial charge in [-0.25, -0.2) is 4.39 Å². The van der Waals surface area contributed by atoms with Crippen LogP contribution in [0.5, 0.6) is 0 Å². The zero-order valence-electron chi connectivity index (χ0n) is 16.7. The molecule has 0 saturated heterocycles. The minimum absolute atomic E-state index is 0.0345. The van der Waals surface area contributed by atoms with E-state index in [4.69, 9.17) is 0 Å². The van der Waals surface area contributed by atoms with E-state index in [9.17, 15) is 14.0 Å². The van der Waals surface area contributed by atoms with Gasteiger partial charge in [0.05, 0.1) is 17.1 Å². The molecule has 2 amide bonds. The molecule has 1 aliphatic heterocycles. The molecule has 0 spiro atoms. The number of rotatable bonds is 4. The standard InChI is InChI=1S/C24H22FN3O2/c1-16(29)27(19-12-13-19)15-23(30)28-21-6-3-2-5-20(21)26-14-4-7-22(26)24(28)17-8-10-18(25)11-9-17/h2-11,14,19,24H,12-13,15H2,1H3/t24-/m0/s1. The lowest BCUT2D eigenvalue weighted by molar-refractivity contribution is -0.134. The molecule has 2 aromatic carbocycles. The van der Waals surface area contributed by atoms with Crippen LogP contribution >= 0.6 is 0 Å². The Hall–Kier alpha value is -3.41. The molecule has 1 fully saturated rings. The van der Waals surface area contributed by atoms with Gasteiger partial charge in [-0.2, -0.15) is 0 Å². The molecule has 3 aromatic rings. The summed E-state index contributed by atoms with van der Waals surface area (Å²) in [6, 6.07) is 17.7. The summed E-state index contributed by atoms with van der Waals surface area (Å²) in [7, 11) is 0. The monoisotopic (exact) mass is 403 g/mol. The van der Waals surface area contributed by atoms with Crippen LogP contribution in [0.4, 0.5) is 10.1 Å². The summed E-state index contributed by atoms with van der Waals surface area (Å²) in [5, 5.41) is 0. The summed E-state index contributed by atoms with van der Waals surface area (Å²) >= 11 is 0. The van der Waals surface area contributed by atoms with Crippen LogP contribution in [0.1, 0.15) is 37.1 Å². The highest BCUT2D eigenvalue weighted by Gasteiger charge is 2.39. The zero-order chi connectivity index (χ0) is 20.8. The summed E-state index contributed by atoms with van der Waals surface area (Å²) < 4.78 is 15.7. The third-order valence-corrected chi connectivity index (χ3v) is 5.87. The summed E-state index contributed by atoms with van der Waals surface area (Å²) in [6.45, 7) is 1.55. The van der Waals surface area contributed by atoms with Gasteiger partial charge in [0.2, 0.25) is 11.8 Å². The number of para-hydroxylation sites is 2. The van der Waals surface area contributed by atoms with Crippen LogP contribution in [0.3, 0.4) is 0 Å². The number of benzene rings is 2. The third-order valence-electron chi connectivity index (χ3n) is 5.87. The van der Waals surface area contributed by atoms with Crippen LogP contribution in [0.25, 0.3) is 5.69 Å². The minimum Gasteiger partial charge on any atom is -0.331 e. The van der Waals surface area contributed by atoms with Crippen molar-refractivity contribution in [2.24, 2.45) is 0 Å². The molecular formula is C24H22FN3O2. The predicted octanol–water partition coefficient (Wildman–Crippen LogP) is 4.06. The Kier molecular flexibility index (Phi) is 4.42. The maximum Gasteiger partial charge on any atom is 0.247 e. The van der Waals surface area contributed by atoms with Crippen LogP contribution in [-0.2, 0) is 9.59 Å². The number of hydrogen-bond donors (Lipinski definition) is 0. The fraction of sp³-hybridized carbons (Fsp3) is 0.250. The normalized spacial score (nSPS) is 17.3. The van der Waals surface area contributed by atoms with Crippen molar-refractivity contribution in [3.05, 3.63) is 83.9 Å². The van der Waals surface area contributed by atoms with Crippen molar-refractivity contribution >= 4 is 17.5 Å². The van der Waals surface area contributed by atoms with Gasteiger partial charge in [0.25, 0.3) is 0 Å². The minimum atomic E-state index is -0.406. The van der Waals surface area contributed by atoms with Crippen molar-refractivity contribution in [1.29, 1.82) is 0 Å². The van der Waals surface area contributed by atoms with Crippen LogP contribution in [0, 0.1) is 5.82 Å². The van der Waals surface area contributed by atoms with E-state index >= 15 is 0 Å². The molecule has 0 radical (unpaired) electrons. The number of fused-ring (bicyclic) bond motifs is 3. The van der Waals surface area contributed by atoms with E-state index in [1.807, 2.05) is 42.6 Å². The fourth-order valence-corrected chi connectivity index (χ4v) is 4.33. The lowest BCUT2D eigenvalue weighted by Gasteiger charge is -2.39. The van der Waals surface area contributed by atoms with Crippen molar-refractivity contribution in [3.8, 4) is 5.69 Å². The lowest BCUT2D eigenvalue weighted by atomic mass is 9.97. The van der Waals surface area contributed by atoms with Gasteiger partial charge < -0.3 is 9.47 Å². The fourth-order valence-electron chi connectivity index (χ4n) is 4.33. The first-order valence-corrected chi connectivity index (χ1v) is 10.2. The Labute approximate surface area is 174 Å². The van der Waals surface area contributed by atoms with Gasteiger partial charge >= 0.3 is 0 Å². The molecule has 1 aliphatic carbocycles. The molecule has 0 N–H and O–H groups in total. The van der Waals surface area contributed by atoms with Gasteiger partial charge in [0.15, 0.2) is 0 Å². The highest BCUT2D eigenvalue weighted by Crippen LogP contribution is 2.42. The Morgan fingerprint density at radius 1 is 1.00 bits per heavy atom. The molecule has 30 heavy (non-hydrogen) atoms. The van der Waals surface area contributed by atoms with E-state index in [2.05, 4.69) is 4.57 Å². The molecule has 1 aromatic heterocycles. The number of aromatic nitrogens is 1. The SMILES string of the molecule is CC(=O)N(CC(=O)N1c2ccccc2-n2cccc2[C@@H]1c1ccc(F)cc1)C1CC1.